The van der Waals surface area contributed by atoms with Crippen LogP contribution in [0.3, 0.4) is 0 Å². The second kappa shape index (κ2) is 7.12. The first kappa shape index (κ1) is 16.1. The topological polar surface area (TPSA) is 52.4 Å². The summed E-state index contributed by atoms with van der Waals surface area (Å²) in [7, 11) is 1.45. The lowest BCUT2D eigenvalue weighted by Crippen LogP contribution is -2.26. The van der Waals surface area contributed by atoms with Crippen molar-refractivity contribution >= 4 is 17.3 Å². The van der Waals surface area contributed by atoms with Crippen LogP contribution in [0.15, 0.2) is 18.2 Å². The molecule has 3 unspecified atom stereocenters. The minimum absolute atomic E-state index is 0.0315. The van der Waals surface area contributed by atoms with Gasteiger partial charge in [0.25, 0.3) is 0 Å². The molecule has 3 atom stereocenters. The minimum atomic E-state index is -0.393. The third-order valence-corrected chi connectivity index (χ3v) is 5.09. The highest BCUT2D eigenvalue weighted by Gasteiger charge is 2.29. The molecule has 4 nitrogen and oxygen atoms in total. The van der Waals surface area contributed by atoms with Crippen LogP contribution in [0.4, 0.5) is 5.69 Å². The van der Waals surface area contributed by atoms with Gasteiger partial charge >= 0.3 is 5.69 Å². The number of rotatable bonds is 5. The maximum atomic E-state index is 11.1. The van der Waals surface area contributed by atoms with Gasteiger partial charge < -0.3 is 4.74 Å². The molecule has 0 heterocycles. The van der Waals surface area contributed by atoms with E-state index in [-0.39, 0.29) is 11.1 Å². The summed E-state index contributed by atoms with van der Waals surface area (Å²) in [5.41, 5.74) is 0.999. The van der Waals surface area contributed by atoms with Crippen molar-refractivity contribution < 1.29 is 9.66 Å². The highest BCUT2D eigenvalue weighted by Crippen LogP contribution is 2.37. The molecule has 0 saturated heterocycles. The van der Waals surface area contributed by atoms with Gasteiger partial charge in [-0.05, 0) is 49.1 Å². The Bertz CT molecular complexity index is 506. The molecule has 0 N–H and O–H groups in total. The molecule has 1 saturated carbocycles. The Morgan fingerprint density at radius 3 is 2.81 bits per heavy atom. The fourth-order valence-electron chi connectivity index (χ4n) is 3.21. The molecular weight excluding hydrogens is 290 g/mol. The van der Waals surface area contributed by atoms with E-state index in [1.54, 1.807) is 12.1 Å². The number of nitrogens with zero attached hydrogens (tertiary/aromatic N) is 1. The zero-order valence-electron chi connectivity index (χ0n) is 12.5. The third-order valence-electron chi connectivity index (χ3n) is 4.51. The van der Waals surface area contributed by atoms with Crippen molar-refractivity contribution in [2.24, 2.45) is 11.8 Å². The summed E-state index contributed by atoms with van der Waals surface area (Å²) in [4.78, 5) is 10.7. The van der Waals surface area contributed by atoms with Gasteiger partial charge in [0.15, 0.2) is 5.75 Å². The van der Waals surface area contributed by atoms with Gasteiger partial charge in [0, 0.05) is 11.4 Å². The maximum Gasteiger partial charge on any atom is 0.311 e. The van der Waals surface area contributed by atoms with E-state index in [1.165, 1.54) is 20.0 Å². The van der Waals surface area contributed by atoms with E-state index in [0.29, 0.717) is 11.7 Å². The largest absolute Gasteiger partial charge is 0.490 e. The molecule has 1 aliphatic carbocycles. The van der Waals surface area contributed by atoms with Crippen molar-refractivity contribution in [1.29, 1.82) is 0 Å². The fourth-order valence-corrected chi connectivity index (χ4v) is 3.53. The first-order chi connectivity index (χ1) is 10.0. The monoisotopic (exact) mass is 311 g/mol. The average molecular weight is 312 g/mol. The van der Waals surface area contributed by atoms with Crippen LogP contribution in [0, 0.1) is 22.0 Å². The second-order valence-electron chi connectivity index (χ2n) is 5.83. The van der Waals surface area contributed by atoms with Gasteiger partial charge in [-0.1, -0.05) is 19.4 Å². The van der Waals surface area contributed by atoms with Crippen LogP contribution in [0.5, 0.6) is 5.75 Å². The number of ether oxygens (including phenoxy) is 1. The molecule has 21 heavy (non-hydrogen) atoms. The minimum Gasteiger partial charge on any atom is -0.490 e. The molecule has 5 heteroatoms. The molecule has 0 spiro atoms. The zero-order chi connectivity index (χ0) is 15.4. The Kier molecular flexibility index (Phi) is 5.45. The number of hydrogen-bond donors (Lipinski definition) is 0. The van der Waals surface area contributed by atoms with Gasteiger partial charge in [-0.15, -0.1) is 11.6 Å². The SMILES string of the molecule is CCC1CCC(Cl)C(Cc2ccc(OC)c([N+](=O)[O-])c2)C1. The van der Waals surface area contributed by atoms with Crippen molar-refractivity contribution in [2.75, 3.05) is 7.11 Å². The van der Waals surface area contributed by atoms with Gasteiger partial charge in [0.1, 0.15) is 0 Å². The molecule has 0 aliphatic heterocycles. The van der Waals surface area contributed by atoms with Crippen LogP contribution in [0.2, 0.25) is 0 Å². The number of methoxy groups -OCH3 is 1. The van der Waals surface area contributed by atoms with Crippen molar-refractivity contribution in [3.8, 4) is 5.75 Å². The number of benzene rings is 1. The van der Waals surface area contributed by atoms with Crippen LogP contribution in [-0.4, -0.2) is 17.4 Å². The molecule has 1 aromatic carbocycles. The lowest BCUT2D eigenvalue weighted by molar-refractivity contribution is -0.385. The Hall–Kier alpha value is -1.29. The summed E-state index contributed by atoms with van der Waals surface area (Å²) < 4.78 is 5.04. The van der Waals surface area contributed by atoms with Crippen molar-refractivity contribution in [2.45, 2.75) is 44.4 Å². The summed E-state index contributed by atoms with van der Waals surface area (Å²) >= 11 is 6.46. The molecule has 0 amide bonds. The van der Waals surface area contributed by atoms with Crippen molar-refractivity contribution in [1.82, 2.24) is 0 Å². The normalized spacial score (nSPS) is 25.6. The number of nitro benzene ring substituents is 1. The Labute approximate surface area is 130 Å². The number of nitro groups is 1. The van der Waals surface area contributed by atoms with Crippen molar-refractivity contribution in [3.63, 3.8) is 0 Å². The number of hydrogen-bond acceptors (Lipinski definition) is 3. The molecule has 1 aromatic rings. The quantitative estimate of drug-likeness (QED) is 0.454. The van der Waals surface area contributed by atoms with Crippen LogP contribution < -0.4 is 4.74 Å². The predicted molar refractivity (Wildman–Crippen MR) is 84.1 cm³/mol. The van der Waals surface area contributed by atoms with Gasteiger partial charge in [-0.3, -0.25) is 10.1 Å². The Morgan fingerprint density at radius 2 is 2.19 bits per heavy atom. The first-order valence-corrected chi connectivity index (χ1v) is 7.94. The standard InChI is InChI=1S/C16H22ClNO3/c1-3-11-4-6-14(17)13(8-11)9-12-5-7-16(21-2)15(10-12)18(19)20/h5,7,10-11,13-14H,3-4,6,8-9H2,1-2H3. The fraction of sp³-hybridized carbons (Fsp3) is 0.625. The molecule has 0 aromatic heterocycles. The predicted octanol–water partition coefficient (Wildman–Crippen LogP) is 4.58. The van der Waals surface area contributed by atoms with E-state index >= 15 is 0 Å². The summed E-state index contributed by atoms with van der Waals surface area (Å²) in [5.74, 6) is 1.44. The molecule has 1 fully saturated rings. The summed E-state index contributed by atoms with van der Waals surface area (Å²) in [5, 5.41) is 11.3. The van der Waals surface area contributed by atoms with E-state index in [4.69, 9.17) is 16.3 Å². The van der Waals surface area contributed by atoms with E-state index in [1.807, 2.05) is 6.07 Å². The summed E-state index contributed by atoms with van der Waals surface area (Å²) in [6.45, 7) is 2.22. The van der Waals surface area contributed by atoms with Gasteiger partial charge in [0.2, 0.25) is 0 Å². The van der Waals surface area contributed by atoms with Gasteiger partial charge in [-0.2, -0.15) is 0 Å². The lowest BCUT2D eigenvalue weighted by Gasteiger charge is -2.32. The smallest absolute Gasteiger partial charge is 0.311 e. The second-order valence-corrected chi connectivity index (χ2v) is 6.39. The highest BCUT2D eigenvalue weighted by molar-refractivity contribution is 6.20. The van der Waals surface area contributed by atoms with Crippen LogP contribution in [0.25, 0.3) is 0 Å². The molecule has 2 rings (SSSR count). The molecule has 1 aliphatic rings. The molecular formula is C16H22ClNO3. The highest BCUT2D eigenvalue weighted by atomic mass is 35.5. The Morgan fingerprint density at radius 1 is 1.43 bits per heavy atom. The number of alkyl halides is 1. The van der Waals surface area contributed by atoms with Crippen LogP contribution >= 0.6 is 11.6 Å². The number of halogens is 1. The molecule has 0 radical (unpaired) electrons. The summed E-state index contributed by atoms with van der Waals surface area (Å²) in [6.07, 6.45) is 5.34. The lowest BCUT2D eigenvalue weighted by atomic mass is 9.77. The van der Waals surface area contributed by atoms with Gasteiger partial charge in [-0.25, -0.2) is 0 Å². The molecule has 116 valence electrons. The van der Waals surface area contributed by atoms with E-state index in [0.717, 1.165) is 30.7 Å². The summed E-state index contributed by atoms with van der Waals surface area (Å²) in [6, 6.07) is 5.21. The first-order valence-electron chi connectivity index (χ1n) is 7.50. The molecule has 0 bridgehead atoms. The van der Waals surface area contributed by atoms with E-state index < -0.39 is 4.92 Å². The van der Waals surface area contributed by atoms with Crippen molar-refractivity contribution in [3.05, 3.63) is 33.9 Å². The van der Waals surface area contributed by atoms with Crippen LogP contribution in [0.1, 0.15) is 38.2 Å². The van der Waals surface area contributed by atoms with Crippen LogP contribution in [-0.2, 0) is 6.42 Å². The van der Waals surface area contributed by atoms with E-state index in [2.05, 4.69) is 6.92 Å². The third kappa shape index (κ3) is 3.88. The van der Waals surface area contributed by atoms with Gasteiger partial charge in [0.05, 0.1) is 12.0 Å². The Balaban J connectivity index is 2.15. The van der Waals surface area contributed by atoms with E-state index in [9.17, 15) is 10.1 Å². The average Bonchev–Trinajstić information content (AvgIpc) is 2.49. The zero-order valence-corrected chi connectivity index (χ0v) is 13.3. The maximum absolute atomic E-state index is 11.1.